The molecule has 0 spiro atoms. The molecule has 9 nitrogen and oxygen atoms in total. The van der Waals surface area contributed by atoms with Crippen LogP contribution in [-0.2, 0) is 11.3 Å². The number of rotatable bonds is 6. The molecule has 0 aromatic heterocycles. The Morgan fingerprint density at radius 2 is 1.53 bits per heavy atom. The third-order valence-corrected chi connectivity index (χ3v) is 4.33. The first-order valence-electron chi connectivity index (χ1n) is 9.45. The highest BCUT2D eigenvalue weighted by atomic mass is 16.5. The highest BCUT2D eigenvalue weighted by Crippen LogP contribution is 2.35. The van der Waals surface area contributed by atoms with Gasteiger partial charge in [0.15, 0.2) is 17.2 Å². The van der Waals surface area contributed by atoms with E-state index in [-0.39, 0.29) is 17.9 Å². The van der Waals surface area contributed by atoms with E-state index < -0.39 is 35.0 Å². The zero-order chi connectivity index (χ0) is 23.3. The molecule has 0 aliphatic rings. The van der Waals surface area contributed by atoms with Gasteiger partial charge in [-0.25, -0.2) is 0 Å². The Labute approximate surface area is 182 Å². The van der Waals surface area contributed by atoms with Gasteiger partial charge in [0.1, 0.15) is 5.75 Å². The van der Waals surface area contributed by atoms with Crippen LogP contribution in [0.5, 0.6) is 23.0 Å². The van der Waals surface area contributed by atoms with Gasteiger partial charge in [-0.2, -0.15) is 0 Å². The SMILES string of the molecule is CC(=O)Oc1cccc(C(=O)Nc2cccc(CNC(=O)c3cc(O)c(O)c(O)c3)c2)c1. The zero-order valence-electron chi connectivity index (χ0n) is 17.0. The van der Waals surface area contributed by atoms with Crippen molar-refractivity contribution in [2.75, 3.05) is 5.32 Å². The zero-order valence-corrected chi connectivity index (χ0v) is 17.0. The Balaban J connectivity index is 1.65. The summed E-state index contributed by atoms with van der Waals surface area (Å²) in [7, 11) is 0. The molecule has 0 radical (unpaired) electrons. The molecule has 3 aromatic rings. The van der Waals surface area contributed by atoms with Crippen molar-refractivity contribution in [1.29, 1.82) is 0 Å². The Bertz CT molecular complexity index is 1170. The molecule has 3 aromatic carbocycles. The summed E-state index contributed by atoms with van der Waals surface area (Å²) in [6.45, 7) is 1.37. The number of esters is 1. The highest BCUT2D eigenvalue weighted by Gasteiger charge is 2.14. The largest absolute Gasteiger partial charge is 0.504 e. The molecule has 164 valence electrons. The third kappa shape index (κ3) is 5.54. The van der Waals surface area contributed by atoms with E-state index in [1.54, 1.807) is 42.5 Å². The second-order valence-electron chi connectivity index (χ2n) is 6.82. The van der Waals surface area contributed by atoms with E-state index in [9.17, 15) is 29.7 Å². The maximum Gasteiger partial charge on any atom is 0.308 e. The summed E-state index contributed by atoms with van der Waals surface area (Å²) >= 11 is 0. The topological polar surface area (TPSA) is 145 Å². The van der Waals surface area contributed by atoms with E-state index in [0.717, 1.165) is 12.1 Å². The standard InChI is InChI=1S/C23H20N2O7/c1-13(26)32-18-7-3-5-15(9-18)23(31)25-17-6-2-4-14(8-17)12-24-22(30)16-10-19(27)21(29)20(28)11-16/h2-11,27-29H,12H2,1H3,(H,24,30)(H,25,31). The molecular formula is C23H20N2O7. The van der Waals surface area contributed by atoms with Crippen molar-refractivity contribution in [2.24, 2.45) is 0 Å². The van der Waals surface area contributed by atoms with Crippen molar-refractivity contribution in [1.82, 2.24) is 5.32 Å². The molecule has 0 unspecified atom stereocenters. The van der Waals surface area contributed by atoms with E-state index in [2.05, 4.69) is 10.6 Å². The number of benzene rings is 3. The lowest BCUT2D eigenvalue weighted by molar-refractivity contribution is -0.131. The van der Waals surface area contributed by atoms with Crippen molar-refractivity contribution in [3.63, 3.8) is 0 Å². The van der Waals surface area contributed by atoms with Crippen molar-refractivity contribution >= 4 is 23.5 Å². The number of phenols is 3. The molecule has 0 saturated heterocycles. The van der Waals surface area contributed by atoms with Gasteiger partial charge in [-0.15, -0.1) is 0 Å². The Kier molecular flexibility index (Phi) is 6.59. The number of carbonyl (C=O) groups is 3. The van der Waals surface area contributed by atoms with Crippen molar-refractivity contribution < 1.29 is 34.4 Å². The monoisotopic (exact) mass is 436 g/mol. The molecular weight excluding hydrogens is 416 g/mol. The van der Waals surface area contributed by atoms with Crippen LogP contribution in [0.4, 0.5) is 5.69 Å². The van der Waals surface area contributed by atoms with Crippen LogP contribution in [-0.4, -0.2) is 33.1 Å². The summed E-state index contributed by atoms with van der Waals surface area (Å²) in [5.41, 5.74) is 1.43. The van der Waals surface area contributed by atoms with Crippen molar-refractivity contribution in [3.8, 4) is 23.0 Å². The summed E-state index contributed by atoms with van der Waals surface area (Å²) in [5, 5.41) is 33.8. The molecule has 2 amide bonds. The van der Waals surface area contributed by atoms with E-state index >= 15 is 0 Å². The number of carbonyl (C=O) groups excluding carboxylic acids is 3. The van der Waals surface area contributed by atoms with Crippen LogP contribution >= 0.6 is 0 Å². The van der Waals surface area contributed by atoms with Crippen molar-refractivity contribution in [3.05, 3.63) is 77.4 Å². The number of nitrogens with one attached hydrogen (secondary N) is 2. The molecule has 3 rings (SSSR count). The smallest absolute Gasteiger partial charge is 0.308 e. The van der Waals surface area contributed by atoms with Gasteiger partial charge in [-0.1, -0.05) is 18.2 Å². The number of anilines is 1. The van der Waals surface area contributed by atoms with Gasteiger partial charge in [0, 0.05) is 30.3 Å². The predicted molar refractivity (Wildman–Crippen MR) is 115 cm³/mol. The first-order chi connectivity index (χ1) is 15.2. The molecule has 5 N–H and O–H groups in total. The lowest BCUT2D eigenvalue weighted by Crippen LogP contribution is -2.22. The first-order valence-corrected chi connectivity index (χ1v) is 9.45. The lowest BCUT2D eigenvalue weighted by Gasteiger charge is -2.10. The van der Waals surface area contributed by atoms with Gasteiger partial charge in [0.2, 0.25) is 0 Å². The van der Waals surface area contributed by atoms with Crippen LogP contribution in [0.25, 0.3) is 0 Å². The fourth-order valence-corrected chi connectivity index (χ4v) is 2.85. The minimum Gasteiger partial charge on any atom is -0.504 e. The van der Waals surface area contributed by atoms with Crippen LogP contribution in [0.2, 0.25) is 0 Å². The van der Waals surface area contributed by atoms with E-state index in [1.165, 1.54) is 13.0 Å². The predicted octanol–water partition coefficient (Wildman–Crippen LogP) is 2.91. The van der Waals surface area contributed by atoms with Gasteiger partial charge < -0.3 is 30.7 Å². The third-order valence-electron chi connectivity index (χ3n) is 4.33. The number of hydrogen-bond donors (Lipinski definition) is 5. The Morgan fingerprint density at radius 3 is 2.22 bits per heavy atom. The summed E-state index contributed by atoms with van der Waals surface area (Å²) in [6, 6.07) is 15.0. The van der Waals surface area contributed by atoms with Crippen LogP contribution < -0.4 is 15.4 Å². The van der Waals surface area contributed by atoms with Crippen LogP contribution in [0.1, 0.15) is 33.2 Å². The average molecular weight is 436 g/mol. The normalized spacial score (nSPS) is 10.3. The minimum atomic E-state index is -0.705. The molecule has 0 bridgehead atoms. The molecule has 0 saturated carbocycles. The summed E-state index contributed by atoms with van der Waals surface area (Å²) in [5.74, 6) is -3.15. The minimum absolute atomic E-state index is 0.0325. The number of hydrogen-bond acceptors (Lipinski definition) is 7. The number of amides is 2. The molecule has 0 aliphatic heterocycles. The van der Waals surface area contributed by atoms with Gasteiger partial charge in [0.25, 0.3) is 11.8 Å². The fourth-order valence-electron chi connectivity index (χ4n) is 2.85. The molecule has 0 fully saturated rings. The second-order valence-corrected chi connectivity index (χ2v) is 6.82. The second kappa shape index (κ2) is 9.52. The highest BCUT2D eigenvalue weighted by molar-refractivity contribution is 6.04. The summed E-state index contributed by atoms with van der Waals surface area (Å²) < 4.78 is 4.98. The van der Waals surface area contributed by atoms with Gasteiger partial charge >= 0.3 is 5.97 Å². The van der Waals surface area contributed by atoms with Gasteiger partial charge in [-0.05, 0) is 48.0 Å². The quantitative estimate of drug-likeness (QED) is 0.227. The maximum atomic E-state index is 12.5. The van der Waals surface area contributed by atoms with Crippen LogP contribution in [0.15, 0.2) is 60.7 Å². The van der Waals surface area contributed by atoms with Crippen molar-refractivity contribution in [2.45, 2.75) is 13.5 Å². The maximum absolute atomic E-state index is 12.5. The summed E-state index contributed by atoms with van der Waals surface area (Å²) in [6.07, 6.45) is 0. The summed E-state index contributed by atoms with van der Waals surface area (Å²) in [4.78, 5) is 35.9. The number of aromatic hydroxyl groups is 3. The number of phenolic OH excluding ortho intramolecular Hbond substituents is 3. The molecule has 0 atom stereocenters. The molecule has 0 heterocycles. The van der Waals surface area contributed by atoms with Gasteiger partial charge in [0.05, 0.1) is 0 Å². The molecule has 9 heteroatoms. The number of ether oxygens (including phenoxy) is 1. The first kappa shape index (κ1) is 22.2. The van der Waals surface area contributed by atoms with E-state index in [4.69, 9.17) is 4.74 Å². The van der Waals surface area contributed by atoms with E-state index in [1.807, 2.05) is 0 Å². The van der Waals surface area contributed by atoms with E-state index in [0.29, 0.717) is 16.8 Å². The Morgan fingerprint density at radius 1 is 0.844 bits per heavy atom. The average Bonchev–Trinajstić information content (AvgIpc) is 2.75. The lowest BCUT2D eigenvalue weighted by atomic mass is 10.1. The molecule has 0 aliphatic carbocycles. The molecule has 32 heavy (non-hydrogen) atoms. The fraction of sp³-hybridized carbons (Fsp3) is 0.0870. The van der Waals surface area contributed by atoms with Crippen LogP contribution in [0, 0.1) is 0 Å². The van der Waals surface area contributed by atoms with Gasteiger partial charge in [-0.3, -0.25) is 14.4 Å². The van der Waals surface area contributed by atoms with Crippen LogP contribution in [0.3, 0.4) is 0 Å². The Hall–Kier alpha value is -4.53.